The Morgan fingerprint density at radius 2 is 1.83 bits per heavy atom. The summed E-state index contributed by atoms with van der Waals surface area (Å²) in [6, 6.07) is 9.42. The second-order valence-electron chi connectivity index (χ2n) is 2.54. The van der Waals surface area contributed by atoms with E-state index in [9.17, 15) is 4.79 Å². The number of carbonyl (C=O) groups is 1. The Hall–Kier alpha value is -0.110. The molecule has 59 valence electrons. The average Bonchev–Trinajstić information content (AvgIpc) is 2.07. The maximum absolute atomic E-state index is 11.2. The Bertz CT molecular complexity index is 231. The molecule has 1 rings (SSSR count). The van der Waals surface area contributed by atoms with Gasteiger partial charge in [-0.3, -0.25) is 4.79 Å². The van der Waals surface area contributed by atoms with Crippen molar-refractivity contribution in [3.05, 3.63) is 35.9 Å². The molecule has 0 bridgehead atoms. The van der Waals surface area contributed by atoms with Crippen molar-refractivity contribution in [3.8, 4) is 0 Å². The first kappa shape index (κ1) is 11.9. The van der Waals surface area contributed by atoms with Crippen LogP contribution in [-0.4, -0.2) is 35.3 Å². The van der Waals surface area contributed by atoms with Crippen LogP contribution in [0, 0.1) is 0 Å². The second-order valence-corrected chi connectivity index (χ2v) is 2.54. The predicted molar refractivity (Wildman–Crippen MR) is 51.4 cm³/mol. The largest absolute Gasteiger partial charge is 0.294 e. The molecule has 0 fully saturated rings. The molecule has 1 aromatic rings. The average molecular weight is 171 g/mol. The molecule has 0 aliphatic carbocycles. The minimum absolute atomic E-state index is 0. The van der Waals surface area contributed by atoms with Crippen LogP contribution >= 0.6 is 0 Å². The number of benzene rings is 1. The maximum atomic E-state index is 11.2. The van der Waals surface area contributed by atoms with Crippen molar-refractivity contribution in [2.75, 3.05) is 0 Å². The van der Waals surface area contributed by atoms with E-state index >= 15 is 0 Å². The minimum Gasteiger partial charge on any atom is -0.294 e. The Morgan fingerprint density at radius 3 is 2.33 bits per heavy atom. The SMILES string of the molecule is CCCC(=O)c1ccccc1.[Na]. The third-order valence-corrected chi connectivity index (χ3v) is 1.57. The van der Waals surface area contributed by atoms with Crippen molar-refractivity contribution >= 4 is 35.3 Å². The zero-order chi connectivity index (χ0) is 8.10. The fourth-order valence-electron chi connectivity index (χ4n) is 0.995. The Morgan fingerprint density at radius 1 is 1.25 bits per heavy atom. The molecule has 1 aromatic carbocycles. The monoisotopic (exact) mass is 171 g/mol. The zero-order valence-corrected chi connectivity index (χ0v) is 9.71. The fourth-order valence-corrected chi connectivity index (χ4v) is 0.995. The van der Waals surface area contributed by atoms with E-state index in [1.807, 2.05) is 37.3 Å². The topological polar surface area (TPSA) is 17.1 Å². The van der Waals surface area contributed by atoms with Crippen molar-refractivity contribution in [2.45, 2.75) is 19.8 Å². The van der Waals surface area contributed by atoms with Gasteiger partial charge in [0.05, 0.1) is 0 Å². The first-order valence-electron chi connectivity index (χ1n) is 3.93. The van der Waals surface area contributed by atoms with Gasteiger partial charge in [0.1, 0.15) is 0 Å². The van der Waals surface area contributed by atoms with Crippen LogP contribution in [-0.2, 0) is 0 Å². The van der Waals surface area contributed by atoms with Gasteiger partial charge in [-0.05, 0) is 6.42 Å². The first-order chi connectivity index (χ1) is 5.34. The summed E-state index contributed by atoms with van der Waals surface area (Å²) < 4.78 is 0. The summed E-state index contributed by atoms with van der Waals surface area (Å²) in [5.74, 6) is 0.244. The van der Waals surface area contributed by atoms with Gasteiger partial charge in [0.15, 0.2) is 5.78 Å². The van der Waals surface area contributed by atoms with Crippen molar-refractivity contribution < 1.29 is 4.79 Å². The molecule has 1 nitrogen and oxygen atoms in total. The quantitative estimate of drug-likeness (QED) is 0.503. The van der Waals surface area contributed by atoms with Crippen LogP contribution in [0.3, 0.4) is 0 Å². The van der Waals surface area contributed by atoms with Gasteiger partial charge in [-0.1, -0.05) is 37.3 Å². The molecule has 0 aliphatic rings. The van der Waals surface area contributed by atoms with Gasteiger partial charge in [0, 0.05) is 41.5 Å². The summed E-state index contributed by atoms with van der Waals surface area (Å²) >= 11 is 0. The molecule has 1 radical (unpaired) electrons. The van der Waals surface area contributed by atoms with Crippen molar-refractivity contribution in [1.29, 1.82) is 0 Å². The number of carbonyl (C=O) groups excluding carboxylic acids is 1. The van der Waals surface area contributed by atoms with E-state index in [2.05, 4.69) is 0 Å². The summed E-state index contributed by atoms with van der Waals surface area (Å²) in [6.45, 7) is 2.01. The second kappa shape index (κ2) is 6.41. The molecule has 2 heteroatoms. The smallest absolute Gasteiger partial charge is 0.162 e. The van der Waals surface area contributed by atoms with Gasteiger partial charge in [0.25, 0.3) is 0 Å². The normalized spacial score (nSPS) is 8.75. The molecule has 0 atom stereocenters. The Labute approximate surface area is 95.5 Å². The molecular formula is C10H12NaO. The van der Waals surface area contributed by atoms with E-state index in [0.717, 1.165) is 12.0 Å². The van der Waals surface area contributed by atoms with Gasteiger partial charge >= 0.3 is 0 Å². The van der Waals surface area contributed by atoms with Crippen LogP contribution < -0.4 is 0 Å². The molecule has 0 aliphatic heterocycles. The molecule has 12 heavy (non-hydrogen) atoms. The summed E-state index contributed by atoms with van der Waals surface area (Å²) in [5, 5.41) is 0. The Balaban J connectivity index is 0.00000121. The Kier molecular flexibility index (Phi) is 6.35. The van der Waals surface area contributed by atoms with Gasteiger partial charge < -0.3 is 0 Å². The number of Topliss-reactive ketones (excluding diaryl/α,β-unsaturated/α-hetero) is 1. The summed E-state index contributed by atoms with van der Waals surface area (Å²) in [4.78, 5) is 11.2. The van der Waals surface area contributed by atoms with Crippen LogP contribution in [0.15, 0.2) is 30.3 Å². The molecular weight excluding hydrogens is 159 g/mol. The van der Waals surface area contributed by atoms with Crippen LogP contribution in [0.2, 0.25) is 0 Å². The third-order valence-electron chi connectivity index (χ3n) is 1.57. The third kappa shape index (κ3) is 3.53. The molecule has 0 N–H and O–H groups in total. The van der Waals surface area contributed by atoms with Gasteiger partial charge in [0.2, 0.25) is 0 Å². The first-order valence-corrected chi connectivity index (χ1v) is 3.93. The van der Waals surface area contributed by atoms with Gasteiger partial charge in [-0.2, -0.15) is 0 Å². The predicted octanol–water partition coefficient (Wildman–Crippen LogP) is 2.29. The van der Waals surface area contributed by atoms with E-state index < -0.39 is 0 Å². The molecule has 0 spiro atoms. The van der Waals surface area contributed by atoms with Crippen molar-refractivity contribution in [1.82, 2.24) is 0 Å². The van der Waals surface area contributed by atoms with E-state index in [4.69, 9.17) is 0 Å². The van der Waals surface area contributed by atoms with Gasteiger partial charge in [-0.15, -0.1) is 0 Å². The summed E-state index contributed by atoms with van der Waals surface area (Å²) in [7, 11) is 0. The molecule has 0 unspecified atom stereocenters. The summed E-state index contributed by atoms with van der Waals surface area (Å²) in [5.41, 5.74) is 0.828. The summed E-state index contributed by atoms with van der Waals surface area (Å²) in [6.07, 6.45) is 1.58. The van der Waals surface area contributed by atoms with Crippen molar-refractivity contribution in [2.24, 2.45) is 0 Å². The minimum atomic E-state index is 0. The van der Waals surface area contributed by atoms with Crippen LogP contribution in [0.25, 0.3) is 0 Å². The van der Waals surface area contributed by atoms with Crippen LogP contribution in [0.4, 0.5) is 0 Å². The number of hydrogen-bond donors (Lipinski definition) is 0. The van der Waals surface area contributed by atoms with E-state index in [-0.39, 0.29) is 35.3 Å². The van der Waals surface area contributed by atoms with Crippen LogP contribution in [0.5, 0.6) is 0 Å². The molecule has 0 aromatic heterocycles. The number of hydrogen-bond acceptors (Lipinski definition) is 1. The standard InChI is InChI=1S/C10H12O.Na/c1-2-6-10(11)9-7-4-3-5-8-9;/h3-5,7-8H,2,6H2,1H3;. The molecule has 0 heterocycles. The molecule has 0 amide bonds. The fraction of sp³-hybridized carbons (Fsp3) is 0.300. The molecule has 0 saturated heterocycles. The number of ketones is 1. The van der Waals surface area contributed by atoms with Crippen LogP contribution in [0.1, 0.15) is 30.1 Å². The number of rotatable bonds is 3. The maximum Gasteiger partial charge on any atom is 0.162 e. The van der Waals surface area contributed by atoms with E-state index in [1.165, 1.54) is 0 Å². The molecule has 0 saturated carbocycles. The van der Waals surface area contributed by atoms with Crippen molar-refractivity contribution in [3.63, 3.8) is 0 Å². The van der Waals surface area contributed by atoms with Gasteiger partial charge in [-0.25, -0.2) is 0 Å². The zero-order valence-electron chi connectivity index (χ0n) is 7.71. The van der Waals surface area contributed by atoms with E-state index in [1.54, 1.807) is 0 Å². The van der Waals surface area contributed by atoms with E-state index in [0.29, 0.717) is 6.42 Å².